The van der Waals surface area contributed by atoms with Crippen molar-refractivity contribution in [2.75, 3.05) is 4.72 Å². The molecule has 0 bridgehead atoms. The normalized spacial score (nSPS) is 12.2. The monoisotopic (exact) mass is 353 g/mol. The molecule has 122 valence electrons. The first-order chi connectivity index (χ1) is 10.8. The third kappa shape index (κ3) is 2.96. The zero-order valence-electron chi connectivity index (χ0n) is 12.9. The van der Waals surface area contributed by atoms with E-state index in [-0.39, 0.29) is 16.6 Å². The Morgan fingerprint density at radius 2 is 2.09 bits per heavy atom. The van der Waals surface area contributed by atoms with Gasteiger partial charge in [0.2, 0.25) is 0 Å². The Morgan fingerprint density at radius 3 is 2.74 bits per heavy atom. The lowest BCUT2D eigenvalue weighted by atomic mass is 10.2. The Labute approximate surface area is 137 Å². The minimum absolute atomic E-state index is 0.0542. The predicted molar refractivity (Wildman–Crippen MR) is 89.1 cm³/mol. The molecule has 0 saturated heterocycles. The van der Waals surface area contributed by atoms with Crippen molar-refractivity contribution in [3.05, 3.63) is 46.9 Å². The van der Waals surface area contributed by atoms with Gasteiger partial charge < -0.3 is 0 Å². The van der Waals surface area contributed by atoms with Crippen LogP contribution in [0.25, 0.3) is 4.96 Å². The summed E-state index contributed by atoms with van der Waals surface area (Å²) in [5.74, 6) is -0.555. The number of anilines is 1. The largest absolute Gasteiger partial charge is 0.279 e. The van der Waals surface area contributed by atoms with E-state index in [4.69, 9.17) is 0 Å². The van der Waals surface area contributed by atoms with Crippen molar-refractivity contribution >= 4 is 32.0 Å². The minimum atomic E-state index is -3.89. The van der Waals surface area contributed by atoms with Crippen molar-refractivity contribution in [2.24, 2.45) is 0 Å². The highest BCUT2D eigenvalue weighted by molar-refractivity contribution is 7.92. The molecular formula is C15H16FN3O2S2. The highest BCUT2D eigenvalue weighted by Gasteiger charge is 2.28. The van der Waals surface area contributed by atoms with Crippen molar-refractivity contribution in [3.8, 4) is 0 Å². The number of hydrogen-bond donors (Lipinski definition) is 1. The number of fused-ring (bicyclic) bond motifs is 1. The second-order valence-corrected chi connectivity index (χ2v) is 8.38. The summed E-state index contributed by atoms with van der Waals surface area (Å²) in [5.41, 5.74) is 0.682. The number of halogens is 1. The van der Waals surface area contributed by atoms with Crippen LogP contribution in [-0.4, -0.2) is 17.8 Å². The molecule has 2 aromatic heterocycles. The van der Waals surface area contributed by atoms with Gasteiger partial charge in [0.25, 0.3) is 10.0 Å². The maximum Gasteiger partial charge on any atom is 0.279 e. The number of hydrogen-bond acceptors (Lipinski definition) is 4. The molecule has 23 heavy (non-hydrogen) atoms. The van der Waals surface area contributed by atoms with E-state index in [2.05, 4.69) is 9.71 Å². The SMILES string of the molecule is Cc1cn2c(S(=O)(=O)Nc3cccc(F)c3)c(C(C)C)nc2s1. The Hall–Kier alpha value is -1.93. The second-order valence-electron chi connectivity index (χ2n) is 5.57. The van der Waals surface area contributed by atoms with Gasteiger partial charge in [-0.05, 0) is 31.0 Å². The molecule has 0 aliphatic heterocycles. The molecule has 0 amide bonds. The fourth-order valence-corrected chi connectivity index (χ4v) is 4.73. The number of rotatable bonds is 4. The van der Waals surface area contributed by atoms with Gasteiger partial charge in [0.15, 0.2) is 9.99 Å². The van der Waals surface area contributed by atoms with Crippen LogP contribution >= 0.6 is 11.3 Å². The number of imidazole rings is 1. The fraction of sp³-hybridized carbons (Fsp3) is 0.267. The van der Waals surface area contributed by atoms with Gasteiger partial charge in [-0.15, -0.1) is 11.3 Å². The molecule has 2 heterocycles. The summed E-state index contributed by atoms with van der Waals surface area (Å²) in [6, 6.07) is 5.37. The highest BCUT2D eigenvalue weighted by Crippen LogP contribution is 2.30. The van der Waals surface area contributed by atoms with Crippen LogP contribution in [0.5, 0.6) is 0 Å². The molecule has 1 aromatic carbocycles. The molecule has 0 fully saturated rings. The second kappa shape index (κ2) is 5.61. The number of nitrogens with one attached hydrogen (secondary N) is 1. The summed E-state index contributed by atoms with van der Waals surface area (Å²) in [5, 5.41) is 0.108. The standard InChI is InChI=1S/C15H16FN3O2S2/c1-9(2)13-14(19-8-10(3)22-15(19)17-13)23(20,21)18-12-6-4-5-11(16)7-12/h4-9,18H,1-3H3. The Balaban J connectivity index is 2.15. The van der Waals surface area contributed by atoms with Crippen LogP contribution in [0.15, 0.2) is 35.5 Å². The Bertz CT molecular complexity index is 974. The van der Waals surface area contributed by atoms with Crippen molar-refractivity contribution in [2.45, 2.75) is 31.7 Å². The third-order valence-electron chi connectivity index (χ3n) is 3.30. The smallest absolute Gasteiger partial charge is 0.279 e. The Morgan fingerprint density at radius 1 is 1.35 bits per heavy atom. The summed E-state index contributed by atoms with van der Waals surface area (Å²) in [6.45, 7) is 5.67. The van der Waals surface area contributed by atoms with E-state index < -0.39 is 15.8 Å². The molecular weight excluding hydrogens is 337 g/mol. The van der Waals surface area contributed by atoms with Gasteiger partial charge in [0.05, 0.1) is 11.4 Å². The van der Waals surface area contributed by atoms with Crippen molar-refractivity contribution in [3.63, 3.8) is 0 Å². The van der Waals surface area contributed by atoms with Gasteiger partial charge in [0.1, 0.15) is 5.82 Å². The van der Waals surface area contributed by atoms with Crippen LogP contribution in [0, 0.1) is 12.7 Å². The van der Waals surface area contributed by atoms with Crippen LogP contribution < -0.4 is 4.72 Å². The Kier molecular flexibility index (Phi) is 3.89. The number of aromatic nitrogens is 2. The highest BCUT2D eigenvalue weighted by atomic mass is 32.2. The number of aryl methyl sites for hydroxylation is 1. The molecule has 3 aromatic rings. The van der Waals surface area contributed by atoms with Gasteiger partial charge in [-0.2, -0.15) is 8.42 Å². The van der Waals surface area contributed by atoms with Crippen molar-refractivity contribution < 1.29 is 12.8 Å². The van der Waals surface area contributed by atoms with Crippen molar-refractivity contribution in [1.29, 1.82) is 0 Å². The number of nitrogens with zero attached hydrogens (tertiary/aromatic N) is 2. The molecule has 0 spiro atoms. The van der Waals surface area contributed by atoms with E-state index in [1.807, 2.05) is 20.8 Å². The van der Waals surface area contributed by atoms with E-state index in [1.165, 1.54) is 29.5 Å². The van der Waals surface area contributed by atoms with Crippen LogP contribution in [0.2, 0.25) is 0 Å². The average molecular weight is 353 g/mol. The zero-order valence-corrected chi connectivity index (χ0v) is 14.5. The molecule has 5 nitrogen and oxygen atoms in total. The van der Waals surface area contributed by atoms with E-state index in [0.717, 1.165) is 10.9 Å². The molecule has 1 N–H and O–H groups in total. The van der Waals surface area contributed by atoms with E-state index in [1.54, 1.807) is 10.6 Å². The topological polar surface area (TPSA) is 63.5 Å². The van der Waals surface area contributed by atoms with Crippen LogP contribution in [0.3, 0.4) is 0 Å². The molecule has 0 saturated carbocycles. The first-order valence-electron chi connectivity index (χ1n) is 7.04. The van der Waals surface area contributed by atoms with Crippen LogP contribution in [0.1, 0.15) is 30.3 Å². The fourth-order valence-electron chi connectivity index (χ4n) is 2.35. The first kappa shape index (κ1) is 15.9. The zero-order chi connectivity index (χ0) is 16.8. The van der Waals surface area contributed by atoms with E-state index >= 15 is 0 Å². The summed E-state index contributed by atoms with van der Waals surface area (Å²) >= 11 is 1.43. The maximum absolute atomic E-state index is 13.3. The number of benzene rings is 1. The van der Waals surface area contributed by atoms with Gasteiger partial charge >= 0.3 is 0 Å². The van der Waals surface area contributed by atoms with Crippen molar-refractivity contribution in [1.82, 2.24) is 9.38 Å². The lowest BCUT2D eigenvalue weighted by molar-refractivity contribution is 0.593. The summed E-state index contributed by atoms with van der Waals surface area (Å²) in [7, 11) is -3.89. The molecule has 0 aliphatic carbocycles. The first-order valence-corrected chi connectivity index (χ1v) is 9.34. The van der Waals surface area contributed by atoms with Gasteiger partial charge in [-0.1, -0.05) is 19.9 Å². The van der Waals surface area contributed by atoms with Crippen LogP contribution in [-0.2, 0) is 10.0 Å². The molecule has 0 radical (unpaired) electrons. The quantitative estimate of drug-likeness (QED) is 0.776. The maximum atomic E-state index is 13.3. The van der Waals surface area contributed by atoms with Gasteiger partial charge in [-0.25, -0.2) is 9.37 Å². The van der Waals surface area contributed by atoms with Gasteiger partial charge in [0, 0.05) is 11.1 Å². The molecule has 0 aliphatic rings. The summed E-state index contributed by atoms with van der Waals surface area (Å²) in [6.07, 6.45) is 1.75. The van der Waals surface area contributed by atoms with E-state index in [9.17, 15) is 12.8 Å². The third-order valence-corrected chi connectivity index (χ3v) is 5.62. The summed E-state index contributed by atoms with van der Waals surface area (Å²) in [4.78, 5) is 6.04. The van der Waals surface area contributed by atoms with Gasteiger partial charge in [-0.3, -0.25) is 9.12 Å². The summed E-state index contributed by atoms with van der Waals surface area (Å²) < 4.78 is 43.0. The van der Waals surface area contributed by atoms with Crippen LogP contribution in [0.4, 0.5) is 10.1 Å². The molecule has 3 rings (SSSR count). The van der Waals surface area contributed by atoms with E-state index in [0.29, 0.717) is 10.7 Å². The molecule has 0 atom stereocenters. The molecule has 0 unspecified atom stereocenters. The number of thiazole rings is 1. The number of sulfonamides is 1. The lowest BCUT2D eigenvalue weighted by Gasteiger charge is -2.10. The lowest BCUT2D eigenvalue weighted by Crippen LogP contribution is -2.17. The average Bonchev–Trinajstić information content (AvgIpc) is 2.93. The minimum Gasteiger partial charge on any atom is -0.279 e. The molecule has 8 heteroatoms. The predicted octanol–water partition coefficient (Wildman–Crippen LogP) is 3.77.